The minimum Gasteiger partial charge on any atom is -0.361 e. The summed E-state index contributed by atoms with van der Waals surface area (Å²) in [6, 6.07) is 0.499. The summed E-state index contributed by atoms with van der Waals surface area (Å²) in [7, 11) is 0. The molecule has 80 valence electrons. The van der Waals surface area contributed by atoms with Crippen LogP contribution in [0.3, 0.4) is 0 Å². The first kappa shape index (κ1) is 11.2. The molecule has 0 unspecified atom stereocenters. The zero-order chi connectivity index (χ0) is 10.6. The first-order valence-corrected chi connectivity index (χ1v) is 5.38. The highest BCUT2D eigenvalue weighted by molar-refractivity contribution is 5.23. The zero-order valence-corrected chi connectivity index (χ0v) is 9.55. The molecular weight excluding hydrogens is 176 g/mol. The molecule has 14 heavy (non-hydrogen) atoms. The molecule has 0 aliphatic carbocycles. The maximum Gasteiger partial charge on any atom is 0.141 e. The van der Waals surface area contributed by atoms with Crippen molar-refractivity contribution in [2.45, 2.75) is 53.1 Å². The number of aryl methyl sites for hydroxylation is 2. The molecule has 1 heterocycles. The smallest absolute Gasteiger partial charge is 0.141 e. The Morgan fingerprint density at radius 3 is 2.50 bits per heavy atom. The lowest BCUT2D eigenvalue weighted by Gasteiger charge is -2.07. The number of rotatable bonds is 5. The van der Waals surface area contributed by atoms with E-state index in [4.69, 9.17) is 4.52 Å². The van der Waals surface area contributed by atoms with E-state index >= 15 is 0 Å². The van der Waals surface area contributed by atoms with Crippen molar-refractivity contribution in [3.63, 3.8) is 0 Å². The fourth-order valence-electron chi connectivity index (χ4n) is 1.44. The molecule has 1 aromatic rings. The van der Waals surface area contributed by atoms with Crippen molar-refractivity contribution in [3.05, 3.63) is 17.0 Å². The third-order valence-corrected chi connectivity index (χ3v) is 2.29. The van der Waals surface area contributed by atoms with Gasteiger partial charge in [-0.25, -0.2) is 0 Å². The molecule has 0 spiro atoms. The van der Waals surface area contributed by atoms with E-state index in [1.54, 1.807) is 0 Å². The SMILES string of the molecule is CCc1noc(CC)c1CNC(C)C. The molecule has 0 aliphatic rings. The Morgan fingerprint density at radius 1 is 1.29 bits per heavy atom. The van der Waals surface area contributed by atoms with Crippen LogP contribution in [-0.4, -0.2) is 11.2 Å². The van der Waals surface area contributed by atoms with Crippen molar-refractivity contribution in [2.24, 2.45) is 0 Å². The molecule has 0 aliphatic heterocycles. The van der Waals surface area contributed by atoms with Gasteiger partial charge in [0.25, 0.3) is 0 Å². The van der Waals surface area contributed by atoms with E-state index < -0.39 is 0 Å². The van der Waals surface area contributed by atoms with Crippen LogP contribution in [-0.2, 0) is 19.4 Å². The summed E-state index contributed by atoms with van der Waals surface area (Å²) in [5.74, 6) is 1.02. The van der Waals surface area contributed by atoms with Gasteiger partial charge >= 0.3 is 0 Å². The largest absolute Gasteiger partial charge is 0.361 e. The standard InChI is InChI=1S/C11H20N2O/c1-5-10-9(7-12-8(3)4)11(6-2)14-13-10/h8,12H,5-7H2,1-4H3. The fraction of sp³-hybridized carbons (Fsp3) is 0.727. The van der Waals surface area contributed by atoms with Gasteiger partial charge in [0.15, 0.2) is 0 Å². The first-order valence-electron chi connectivity index (χ1n) is 5.38. The topological polar surface area (TPSA) is 38.1 Å². The highest BCUT2D eigenvalue weighted by Gasteiger charge is 2.12. The molecule has 1 rings (SSSR count). The minimum absolute atomic E-state index is 0.499. The van der Waals surface area contributed by atoms with Crippen molar-refractivity contribution in [3.8, 4) is 0 Å². The molecule has 3 heteroatoms. The Hall–Kier alpha value is -0.830. The number of nitrogens with zero attached hydrogens (tertiary/aromatic N) is 1. The molecule has 0 saturated carbocycles. The Morgan fingerprint density at radius 2 is 2.00 bits per heavy atom. The second kappa shape index (κ2) is 5.15. The van der Waals surface area contributed by atoms with Crippen molar-refractivity contribution in [1.29, 1.82) is 0 Å². The van der Waals surface area contributed by atoms with Crippen LogP contribution >= 0.6 is 0 Å². The van der Waals surface area contributed by atoms with Crippen molar-refractivity contribution in [2.75, 3.05) is 0 Å². The molecule has 0 aromatic carbocycles. The monoisotopic (exact) mass is 196 g/mol. The quantitative estimate of drug-likeness (QED) is 0.785. The molecular formula is C11H20N2O. The lowest BCUT2D eigenvalue weighted by molar-refractivity contribution is 0.379. The average molecular weight is 196 g/mol. The van der Waals surface area contributed by atoms with E-state index in [1.807, 2.05) is 0 Å². The Balaban J connectivity index is 2.75. The van der Waals surface area contributed by atoms with Gasteiger partial charge in [0.2, 0.25) is 0 Å². The fourth-order valence-corrected chi connectivity index (χ4v) is 1.44. The minimum atomic E-state index is 0.499. The summed E-state index contributed by atoms with van der Waals surface area (Å²) in [5, 5.41) is 7.47. The predicted molar refractivity (Wildman–Crippen MR) is 57.2 cm³/mol. The van der Waals surface area contributed by atoms with Crippen molar-refractivity contribution >= 4 is 0 Å². The summed E-state index contributed by atoms with van der Waals surface area (Å²) in [4.78, 5) is 0. The third kappa shape index (κ3) is 2.58. The van der Waals surface area contributed by atoms with Crippen LogP contribution in [0.25, 0.3) is 0 Å². The number of hydrogen-bond acceptors (Lipinski definition) is 3. The summed E-state index contributed by atoms with van der Waals surface area (Å²) in [6.07, 6.45) is 1.86. The van der Waals surface area contributed by atoms with E-state index in [-0.39, 0.29) is 0 Å². The van der Waals surface area contributed by atoms with E-state index in [1.165, 1.54) is 5.56 Å². The van der Waals surface area contributed by atoms with Crippen LogP contribution < -0.4 is 5.32 Å². The average Bonchev–Trinajstić information content (AvgIpc) is 2.56. The van der Waals surface area contributed by atoms with Crippen LogP contribution in [0.5, 0.6) is 0 Å². The first-order chi connectivity index (χ1) is 6.69. The second-order valence-corrected chi connectivity index (χ2v) is 3.77. The molecule has 3 nitrogen and oxygen atoms in total. The Kier molecular flexibility index (Phi) is 4.14. The highest BCUT2D eigenvalue weighted by atomic mass is 16.5. The van der Waals surface area contributed by atoms with Gasteiger partial charge in [-0.1, -0.05) is 32.9 Å². The molecule has 0 bridgehead atoms. The van der Waals surface area contributed by atoms with Crippen LogP contribution in [0.4, 0.5) is 0 Å². The molecule has 1 aromatic heterocycles. The van der Waals surface area contributed by atoms with E-state index in [0.29, 0.717) is 6.04 Å². The van der Waals surface area contributed by atoms with Crippen molar-refractivity contribution < 1.29 is 4.52 Å². The third-order valence-electron chi connectivity index (χ3n) is 2.29. The maximum atomic E-state index is 5.28. The normalized spacial score (nSPS) is 11.2. The Bertz CT molecular complexity index is 257. The van der Waals surface area contributed by atoms with Gasteiger partial charge in [-0.15, -0.1) is 0 Å². The summed E-state index contributed by atoms with van der Waals surface area (Å²) in [5.41, 5.74) is 2.35. The lowest BCUT2D eigenvalue weighted by atomic mass is 10.1. The van der Waals surface area contributed by atoms with Gasteiger partial charge in [-0.05, 0) is 6.42 Å². The van der Waals surface area contributed by atoms with Gasteiger partial charge in [0.1, 0.15) is 5.76 Å². The van der Waals surface area contributed by atoms with Crippen molar-refractivity contribution in [1.82, 2.24) is 10.5 Å². The van der Waals surface area contributed by atoms with Gasteiger partial charge in [0.05, 0.1) is 5.69 Å². The summed E-state index contributed by atoms with van der Waals surface area (Å²) < 4.78 is 5.28. The zero-order valence-electron chi connectivity index (χ0n) is 9.55. The molecule has 0 radical (unpaired) electrons. The summed E-state index contributed by atoms with van der Waals surface area (Å²) in [6.45, 7) is 9.36. The molecule has 1 N–H and O–H groups in total. The number of nitrogens with one attached hydrogen (secondary N) is 1. The van der Waals surface area contributed by atoms with Crippen LogP contribution in [0.2, 0.25) is 0 Å². The maximum absolute atomic E-state index is 5.28. The van der Waals surface area contributed by atoms with E-state index in [2.05, 4.69) is 38.2 Å². The Labute approximate surface area is 85.9 Å². The van der Waals surface area contributed by atoms with Crippen LogP contribution in [0.15, 0.2) is 4.52 Å². The number of hydrogen-bond donors (Lipinski definition) is 1. The number of aromatic nitrogens is 1. The molecule has 0 atom stereocenters. The van der Waals surface area contributed by atoms with Gasteiger partial charge in [-0.3, -0.25) is 0 Å². The molecule has 0 amide bonds. The predicted octanol–water partition coefficient (Wildman–Crippen LogP) is 2.30. The van der Waals surface area contributed by atoms with E-state index in [9.17, 15) is 0 Å². The van der Waals surface area contributed by atoms with Crippen LogP contribution in [0.1, 0.15) is 44.7 Å². The second-order valence-electron chi connectivity index (χ2n) is 3.77. The highest BCUT2D eigenvalue weighted by Crippen LogP contribution is 2.15. The molecule has 0 saturated heterocycles. The van der Waals surface area contributed by atoms with Crippen LogP contribution in [0, 0.1) is 0 Å². The van der Waals surface area contributed by atoms with Gasteiger partial charge in [0, 0.05) is 24.6 Å². The molecule has 0 fully saturated rings. The van der Waals surface area contributed by atoms with Gasteiger partial charge in [-0.2, -0.15) is 0 Å². The van der Waals surface area contributed by atoms with Gasteiger partial charge < -0.3 is 9.84 Å². The lowest BCUT2D eigenvalue weighted by Crippen LogP contribution is -2.22. The summed E-state index contributed by atoms with van der Waals surface area (Å²) >= 11 is 0. The van der Waals surface area contributed by atoms with E-state index in [0.717, 1.165) is 30.8 Å².